The molecule has 96 valence electrons. The monoisotopic (exact) mass is 258 g/mol. The van der Waals surface area contributed by atoms with E-state index >= 15 is 0 Å². The van der Waals surface area contributed by atoms with E-state index in [0.29, 0.717) is 9.88 Å². The summed E-state index contributed by atoms with van der Waals surface area (Å²) in [5.41, 5.74) is 0.0875. The average Bonchev–Trinajstić information content (AvgIpc) is 2.70. The molecule has 0 radical (unpaired) electrons. The lowest BCUT2D eigenvalue weighted by molar-refractivity contribution is -0.383. The second-order valence-electron chi connectivity index (χ2n) is 4.05. The van der Waals surface area contributed by atoms with Crippen molar-refractivity contribution >= 4 is 22.0 Å². The van der Waals surface area contributed by atoms with E-state index < -0.39 is 6.10 Å². The standard InChI is InChI=1S/C11H18N2O3S/c1-4-5-6-12(3)11-9(13(15)16)7-10(17-11)8(2)14/h7-8,14H,4-6H2,1-3H3. The van der Waals surface area contributed by atoms with Crippen molar-refractivity contribution in [3.05, 3.63) is 21.1 Å². The third-order valence-electron chi connectivity index (χ3n) is 2.51. The third kappa shape index (κ3) is 3.41. The maximum absolute atomic E-state index is 10.9. The Morgan fingerprint density at radius 2 is 2.29 bits per heavy atom. The summed E-state index contributed by atoms with van der Waals surface area (Å²) in [5.74, 6) is 0. The largest absolute Gasteiger partial charge is 0.388 e. The summed E-state index contributed by atoms with van der Waals surface area (Å²) in [6, 6.07) is 1.47. The van der Waals surface area contributed by atoms with E-state index in [0.717, 1.165) is 19.4 Å². The number of thiophene rings is 1. The molecule has 17 heavy (non-hydrogen) atoms. The molecule has 0 aromatic carbocycles. The first-order valence-electron chi connectivity index (χ1n) is 5.64. The molecule has 0 aliphatic heterocycles. The number of nitrogens with zero attached hydrogens (tertiary/aromatic N) is 2. The van der Waals surface area contributed by atoms with E-state index in [9.17, 15) is 15.2 Å². The first-order valence-corrected chi connectivity index (χ1v) is 6.46. The van der Waals surface area contributed by atoms with Crippen LogP contribution in [-0.4, -0.2) is 23.6 Å². The molecular weight excluding hydrogens is 240 g/mol. The molecule has 1 rings (SSSR count). The lowest BCUT2D eigenvalue weighted by Gasteiger charge is -2.15. The Morgan fingerprint density at radius 1 is 1.65 bits per heavy atom. The van der Waals surface area contributed by atoms with Gasteiger partial charge in [0.1, 0.15) is 0 Å². The van der Waals surface area contributed by atoms with Gasteiger partial charge in [0, 0.05) is 24.5 Å². The fraction of sp³-hybridized carbons (Fsp3) is 0.636. The molecule has 0 bridgehead atoms. The van der Waals surface area contributed by atoms with E-state index in [4.69, 9.17) is 0 Å². The first kappa shape index (κ1) is 13.9. The van der Waals surface area contributed by atoms with Crippen LogP contribution in [-0.2, 0) is 0 Å². The smallest absolute Gasteiger partial charge is 0.304 e. The van der Waals surface area contributed by atoms with Crippen LogP contribution in [0.1, 0.15) is 37.7 Å². The van der Waals surface area contributed by atoms with E-state index in [1.807, 2.05) is 11.9 Å². The number of hydrogen-bond donors (Lipinski definition) is 1. The summed E-state index contributed by atoms with van der Waals surface area (Å²) >= 11 is 1.29. The van der Waals surface area contributed by atoms with Crippen LogP contribution in [0.3, 0.4) is 0 Å². The predicted molar refractivity (Wildman–Crippen MR) is 69.8 cm³/mol. The zero-order chi connectivity index (χ0) is 13.0. The number of aliphatic hydroxyl groups excluding tert-OH is 1. The van der Waals surface area contributed by atoms with Crippen molar-refractivity contribution in [2.24, 2.45) is 0 Å². The predicted octanol–water partition coefficient (Wildman–Crippen LogP) is 2.95. The molecule has 0 saturated carbocycles. The molecule has 0 saturated heterocycles. The molecule has 1 atom stereocenters. The highest BCUT2D eigenvalue weighted by Gasteiger charge is 2.23. The second kappa shape index (κ2) is 5.97. The first-order chi connectivity index (χ1) is 7.97. The van der Waals surface area contributed by atoms with Crippen molar-refractivity contribution < 1.29 is 10.0 Å². The van der Waals surface area contributed by atoms with Crippen molar-refractivity contribution in [3.8, 4) is 0 Å². The number of nitro groups is 1. The van der Waals surface area contributed by atoms with Crippen LogP contribution in [0.4, 0.5) is 10.7 Å². The minimum Gasteiger partial charge on any atom is -0.388 e. The Balaban J connectivity index is 2.99. The van der Waals surface area contributed by atoms with Gasteiger partial charge in [0.2, 0.25) is 0 Å². The topological polar surface area (TPSA) is 66.6 Å². The Labute approximate surface area is 105 Å². The zero-order valence-electron chi connectivity index (χ0n) is 10.3. The van der Waals surface area contributed by atoms with Gasteiger partial charge in [0.05, 0.1) is 11.0 Å². The van der Waals surface area contributed by atoms with Gasteiger partial charge in [-0.2, -0.15) is 0 Å². The fourth-order valence-electron chi connectivity index (χ4n) is 1.50. The molecule has 1 aromatic heterocycles. The molecule has 1 N–H and O–H groups in total. The summed E-state index contributed by atoms with van der Waals surface area (Å²) in [6.07, 6.45) is 1.38. The van der Waals surface area contributed by atoms with E-state index in [2.05, 4.69) is 6.92 Å². The Kier molecular flexibility index (Phi) is 4.89. The minimum absolute atomic E-state index is 0.0875. The van der Waals surface area contributed by atoms with Gasteiger partial charge < -0.3 is 10.0 Å². The molecule has 1 aromatic rings. The Bertz CT molecular complexity index is 390. The fourth-order valence-corrected chi connectivity index (χ4v) is 2.55. The normalized spacial score (nSPS) is 12.5. The SMILES string of the molecule is CCCCN(C)c1sc(C(C)O)cc1[N+](=O)[O-]. The minimum atomic E-state index is -0.660. The van der Waals surface area contributed by atoms with Crippen molar-refractivity contribution in [2.45, 2.75) is 32.8 Å². The van der Waals surface area contributed by atoms with E-state index in [1.54, 1.807) is 6.92 Å². The van der Waals surface area contributed by atoms with Gasteiger partial charge >= 0.3 is 5.69 Å². The Hall–Kier alpha value is -1.14. The quantitative estimate of drug-likeness (QED) is 0.629. The van der Waals surface area contributed by atoms with Gasteiger partial charge in [0.25, 0.3) is 0 Å². The van der Waals surface area contributed by atoms with E-state index in [-0.39, 0.29) is 10.6 Å². The number of hydrogen-bond acceptors (Lipinski definition) is 5. The van der Waals surface area contributed by atoms with Gasteiger partial charge in [-0.15, -0.1) is 11.3 Å². The van der Waals surface area contributed by atoms with Crippen LogP contribution in [0.2, 0.25) is 0 Å². The molecule has 0 aliphatic carbocycles. The van der Waals surface area contributed by atoms with Crippen molar-refractivity contribution in [1.29, 1.82) is 0 Å². The van der Waals surface area contributed by atoms with Crippen molar-refractivity contribution in [3.63, 3.8) is 0 Å². The molecule has 1 heterocycles. The highest BCUT2D eigenvalue weighted by molar-refractivity contribution is 7.16. The van der Waals surface area contributed by atoms with E-state index in [1.165, 1.54) is 17.4 Å². The average molecular weight is 258 g/mol. The van der Waals surface area contributed by atoms with Gasteiger partial charge in [-0.1, -0.05) is 13.3 Å². The summed E-state index contributed by atoms with van der Waals surface area (Å²) in [5, 5.41) is 21.0. The van der Waals surface area contributed by atoms with Crippen LogP contribution in [0.15, 0.2) is 6.07 Å². The van der Waals surface area contributed by atoms with Crippen molar-refractivity contribution in [1.82, 2.24) is 0 Å². The van der Waals surface area contributed by atoms with Crippen LogP contribution in [0.5, 0.6) is 0 Å². The van der Waals surface area contributed by atoms with Gasteiger partial charge in [-0.3, -0.25) is 10.1 Å². The van der Waals surface area contributed by atoms with Crippen molar-refractivity contribution in [2.75, 3.05) is 18.5 Å². The molecule has 1 unspecified atom stereocenters. The number of unbranched alkanes of at least 4 members (excludes halogenated alkanes) is 1. The molecule has 0 amide bonds. The molecule has 5 nitrogen and oxygen atoms in total. The lowest BCUT2D eigenvalue weighted by atomic mass is 10.3. The van der Waals surface area contributed by atoms with Crippen LogP contribution < -0.4 is 4.90 Å². The number of anilines is 1. The number of rotatable bonds is 6. The molecule has 0 aliphatic rings. The van der Waals surface area contributed by atoms with Gasteiger partial charge in [-0.05, 0) is 13.3 Å². The highest BCUT2D eigenvalue weighted by atomic mass is 32.1. The van der Waals surface area contributed by atoms with Crippen LogP contribution in [0.25, 0.3) is 0 Å². The third-order valence-corrected chi connectivity index (χ3v) is 3.92. The maximum Gasteiger partial charge on any atom is 0.304 e. The summed E-state index contributed by atoms with van der Waals surface area (Å²) in [4.78, 5) is 13.1. The number of aliphatic hydroxyl groups is 1. The molecular formula is C11H18N2O3S. The highest BCUT2D eigenvalue weighted by Crippen LogP contribution is 2.39. The van der Waals surface area contributed by atoms with Crippen LogP contribution >= 0.6 is 11.3 Å². The lowest BCUT2D eigenvalue weighted by Crippen LogP contribution is -2.17. The van der Waals surface area contributed by atoms with Gasteiger partial charge in [-0.25, -0.2) is 0 Å². The zero-order valence-corrected chi connectivity index (χ0v) is 11.2. The second-order valence-corrected chi connectivity index (χ2v) is 5.11. The Morgan fingerprint density at radius 3 is 2.76 bits per heavy atom. The summed E-state index contributed by atoms with van der Waals surface area (Å²) in [6.45, 7) is 4.49. The molecule has 0 fully saturated rings. The van der Waals surface area contributed by atoms with Crippen LogP contribution in [0, 0.1) is 10.1 Å². The maximum atomic E-state index is 10.9. The molecule has 6 heteroatoms. The van der Waals surface area contributed by atoms with Gasteiger partial charge in [0.15, 0.2) is 5.00 Å². The summed E-state index contributed by atoms with van der Waals surface area (Å²) < 4.78 is 0. The molecule has 0 spiro atoms. The summed E-state index contributed by atoms with van der Waals surface area (Å²) in [7, 11) is 1.85.